The third kappa shape index (κ3) is 4.62. The number of alkyl halides is 3. The van der Waals surface area contributed by atoms with Crippen molar-refractivity contribution < 1.29 is 32.6 Å². The number of nitrogens with one attached hydrogen (secondary N) is 1. The molecule has 2 rings (SSSR count). The average molecular weight is 360 g/mol. The van der Waals surface area contributed by atoms with Crippen molar-refractivity contribution in [1.29, 1.82) is 0 Å². The van der Waals surface area contributed by atoms with E-state index < -0.39 is 49.2 Å². The minimum absolute atomic E-state index is 0.0598. The van der Waals surface area contributed by atoms with Crippen LogP contribution < -0.4 is 5.32 Å². The van der Waals surface area contributed by atoms with Crippen LogP contribution in [0, 0.1) is 11.8 Å². The number of ether oxygens (including phenoxy) is 1. The number of carbonyl (C=O) groups excluding carboxylic acids is 1. The summed E-state index contributed by atoms with van der Waals surface area (Å²) in [6.45, 7) is -1.09. The summed E-state index contributed by atoms with van der Waals surface area (Å²) < 4.78 is 44.1. The van der Waals surface area contributed by atoms with Gasteiger partial charge in [0.1, 0.15) is 0 Å². The predicted molar refractivity (Wildman–Crippen MR) is 81.8 cm³/mol. The number of likely N-dealkylation sites (tertiary alicyclic amines) is 1. The number of urea groups is 1. The number of halogens is 3. The van der Waals surface area contributed by atoms with Gasteiger partial charge in [0, 0.05) is 26.7 Å². The van der Waals surface area contributed by atoms with Crippen molar-refractivity contribution >= 4 is 12.0 Å². The molecular weight excluding hydrogens is 341 g/mol. The number of benzene rings is 1. The second-order valence-electron chi connectivity index (χ2n) is 5.82. The van der Waals surface area contributed by atoms with Crippen molar-refractivity contribution in [3.63, 3.8) is 0 Å². The Kier molecular flexibility index (Phi) is 5.89. The number of methoxy groups -OCH3 is 1. The molecule has 0 spiro atoms. The van der Waals surface area contributed by atoms with Crippen molar-refractivity contribution in [3.8, 4) is 0 Å². The minimum atomic E-state index is -4.67. The van der Waals surface area contributed by atoms with Crippen molar-refractivity contribution in [2.75, 3.05) is 26.7 Å². The number of amides is 2. The Hall–Kier alpha value is -2.29. The molecule has 1 aromatic carbocycles. The number of hydrogen-bond donors (Lipinski definition) is 2. The maximum atomic E-state index is 13.0. The summed E-state index contributed by atoms with van der Waals surface area (Å²) in [5.74, 6) is -5.28. The van der Waals surface area contributed by atoms with Crippen LogP contribution in [-0.4, -0.2) is 54.9 Å². The van der Waals surface area contributed by atoms with Gasteiger partial charge in [-0.05, 0) is 5.56 Å². The zero-order valence-electron chi connectivity index (χ0n) is 13.5. The molecule has 1 saturated heterocycles. The van der Waals surface area contributed by atoms with Gasteiger partial charge < -0.3 is 20.1 Å². The molecule has 138 valence electrons. The first-order chi connectivity index (χ1) is 11.7. The summed E-state index contributed by atoms with van der Waals surface area (Å²) in [5.41, 5.74) is 0.809. The molecule has 0 saturated carbocycles. The molecule has 0 aliphatic carbocycles. The van der Waals surface area contributed by atoms with Crippen LogP contribution in [0.2, 0.25) is 0 Å². The van der Waals surface area contributed by atoms with Gasteiger partial charge in [-0.15, -0.1) is 0 Å². The maximum absolute atomic E-state index is 13.0. The van der Waals surface area contributed by atoms with E-state index in [1.807, 2.05) is 6.07 Å². The molecule has 6 nitrogen and oxygen atoms in total. The topological polar surface area (TPSA) is 78.9 Å². The summed E-state index contributed by atoms with van der Waals surface area (Å²) in [6.07, 6.45) is -5.13. The smallest absolute Gasteiger partial charge is 0.394 e. The fourth-order valence-corrected chi connectivity index (χ4v) is 2.85. The zero-order chi connectivity index (χ0) is 18.6. The predicted octanol–water partition coefficient (Wildman–Crippen LogP) is 2.28. The molecule has 1 aromatic rings. The highest BCUT2D eigenvalue weighted by molar-refractivity contribution is 5.77. The number of aliphatic carboxylic acids is 1. The van der Waals surface area contributed by atoms with Crippen molar-refractivity contribution in [2.45, 2.75) is 12.3 Å². The lowest BCUT2D eigenvalue weighted by molar-refractivity contribution is -0.187. The van der Waals surface area contributed by atoms with Crippen LogP contribution in [-0.2, 0) is 9.53 Å². The van der Waals surface area contributed by atoms with Gasteiger partial charge in [0.05, 0.1) is 17.9 Å². The fourth-order valence-electron chi connectivity index (χ4n) is 2.85. The number of carbonyl (C=O) groups is 2. The van der Waals surface area contributed by atoms with Crippen LogP contribution >= 0.6 is 0 Å². The number of nitrogens with zero attached hydrogens (tertiary/aromatic N) is 1. The first-order valence-electron chi connectivity index (χ1n) is 7.64. The quantitative estimate of drug-likeness (QED) is 0.844. The summed E-state index contributed by atoms with van der Waals surface area (Å²) in [6, 6.07) is 8.29. The third-order valence-electron chi connectivity index (χ3n) is 4.24. The van der Waals surface area contributed by atoms with Gasteiger partial charge >= 0.3 is 18.2 Å². The molecule has 1 unspecified atom stereocenters. The van der Waals surface area contributed by atoms with Gasteiger partial charge in [0.25, 0.3) is 0 Å². The molecule has 9 heteroatoms. The lowest BCUT2D eigenvalue weighted by Gasteiger charge is -2.21. The molecule has 1 aliphatic heterocycles. The number of carboxylic acids is 1. The van der Waals surface area contributed by atoms with E-state index in [9.17, 15) is 22.8 Å². The van der Waals surface area contributed by atoms with Gasteiger partial charge in [-0.2, -0.15) is 13.2 Å². The Morgan fingerprint density at radius 1 is 1.32 bits per heavy atom. The van der Waals surface area contributed by atoms with E-state index in [0.717, 1.165) is 10.5 Å². The van der Waals surface area contributed by atoms with Gasteiger partial charge in [-0.25, -0.2) is 4.79 Å². The monoisotopic (exact) mass is 360 g/mol. The molecule has 1 fully saturated rings. The van der Waals surface area contributed by atoms with Crippen LogP contribution in [0.1, 0.15) is 11.7 Å². The van der Waals surface area contributed by atoms with E-state index in [4.69, 9.17) is 9.84 Å². The van der Waals surface area contributed by atoms with Crippen LogP contribution in [0.3, 0.4) is 0 Å². The Bertz CT molecular complexity index is 609. The SMILES string of the molecule is COC(CNC(=O)N1C[C@@H](C(F)(F)F)[C@H](C(=O)O)C1)c1ccccc1. The lowest BCUT2D eigenvalue weighted by atomic mass is 9.96. The molecule has 1 heterocycles. The largest absolute Gasteiger partial charge is 0.481 e. The van der Waals surface area contributed by atoms with Gasteiger partial charge in [-0.3, -0.25) is 4.79 Å². The van der Waals surface area contributed by atoms with Crippen LogP contribution in [0.15, 0.2) is 30.3 Å². The summed E-state index contributed by atoms with van der Waals surface area (Å²) in [4.78, 5) is 24.1. The van der Waals surface area contributed by atoms with Crippen molar-refractivity contribution in [3.05, 3.63) is 35.9 Å². The van der Waals surface area contributed by atoms with Crippen LogP contribution in [0.5, 0.6) is 0 Å². The molecule has 0 aromatic heterocycles. The molecule has 1 aliphatic rings. The van der Waals surface area contributed by atoms with Crippen molar-refractivity contribution in [2.24, 2.45) is 11.8 Å². The Morgan fingerprint density at radius 3 is 2.44 bits per heavy atom. The fraction of sp³-hybridized carbons (Fsp3) is 0.500. The van der Waals surface area contributed by atoms with Gasteiger partial charge in [0.15, 0.2) is 0 Å². The molecule has 2 amide bonds. The third-order valence-corrected chi connectivity index (χ3v) is 4.24. The second kappa shape index (κ2) is 7.73. The molecular formula is C16H19F3N2O4. The van der Waals surface area contributed by atoms with E-state index in [1.165, 1.54) is 7.11 Å². The first-order valence-corrected chi connectivity index (χ1v) is 7.64. The molecule has 0 radical (unpaired) electrons. The minimum Gasteiger partial charge on any atom is -0.481 e. The first kappa shape index (κ1) is 19.0. The number of hydrogen-bond acceptors (Lipinski definition) is 3. The Morgan fingerprint density at radius 2 is 1.96 bits per heavy atom. The second-order valence-corrected chi connectivity index (χ2v) is 5.82. The van der Waals surface area contributed by atoms with Crippen LogP contribution in [0.4, 0.5) is 18.0 Å². The van der Waals surface area contributed by atoms with Crippen LogP contribution in [0.25, 0.3) is 0 Å². The Labute approximate surface area is 142 Å². The number of rotatable bonds is 5. The highest BCUT2D eigenvalue weighted by Crippen LogP contribution is 2.37. The normalized spacial score (nSPS) is 21.8. The molecule has 2 N–H and O–H groups in total. The summed E-state index contributed by atoms with van der Waals surface area (Å²) >= 11 is 0. The van der Waals surface area contributed by atoms with E-state index in [1.54, 1.807) is 24.3 Å². The van der Waals surface area contributed by atoms with E-state index in [-0.39, 0.29) is 6.54 Å². The zero-order valence-corrected chi connectivity index (χ0v) is 13.5. The van der Waals surface area contributed by atoms with E-state index in [2.05, 4.69) is 5.32 Å². The highest BCUT2D eigenvalue weighted by atomic mass is 19.4. The van der Waals surface area contributed by atoms with Gasteiger partial charge in [0.2, 0.25) is 0 Å². The average Bonchev–Trinajstić information content (AvgIpc) is 3.02. The lowest BCUT2D eigenvalue weighted by Crippen LogP contribution is -2.41. The molecule has 0 bridgehead atoms. The number of carboxylic acid groups (broad SMARTS) is 1. The summed E-state index contributed by atoms with van der Waals surface area (Å²) in [7, 11) is 1.46. The maximum Gasteiger partial charge on any atom is 0.394 e. The Balaban J connectivity index is 1.98. The van der Waals surface area contributed by atoms with Crippen molar-refractivity contribution in [1.82, 2.24) is 10.2 Å². The highest BCUT2D eigenvalue weighted by Gasteiger charge is 2.53. The molecule has 3 atom stereocenters. The van der Waals surface area contributed by atoms with Gasteiger partial charge in [-0.1, -0.05) is 30.3 Å². The summed E-state index contributed by atoms with van der Waals surface area (Å²) in [5, 5.41) is 11.5. The molecule has 25 heavy (non-hydrogen) atoms. The van der Waals surface area contributed by atoms with E-state index in [0.29, 0.717) is 0 Å². The van der Waals surface area contributed by atoms with E-state index >= 15 is 0 Å². The standard InChI is InChI=1S/C16H19F3N2O4/c1-25-13(10-5-3-2-4-6-10)7-20-15(24)21-8-11(14(22)23)12(9-21)16(17,18)19/h2-6,11-13H,7-9H2,1H3,(H,20,24)(H,22,23)/t11-,12-,13?/m1/s1.